The van der Waals surface area contributed by atoms with Gasteiger partial charge in [-0.3, -0.25) is 4.98 Å². The van der Waals surface area contributed by atoms with E-state index in [4.69, 9.17) is 16.0 Å². The van der Waals surface area contributed by atoms with E-state index in [9.17, 15) is 0 Å². The van der Waals surface area contributed by atoms with Gasteiger partial charge in [0.2, 0.25) is 0 Å². The summed E-state index contributed by atoms with van der Waals surface area (Å²) in [5, 5.41) is 0.561. The van der Waals surface area contributed by atoms with Gasteiger partial charge in [0.15, 0.2) is 5.58 Å². The van der Waals surface area contributed by atoms with E-state index < -0.39 is 0 Å². The molecular weight excluding hydrogens is 262 g/mol. The Morgan fingerprint density at radius 1 is 1.16 bits per heavy atom. The molecule has 0 bridgehead atoms. The van der Waals surface area contributed by atoms with E-state index in [1.54, 1.807) is 18.6 Å². The van der Waals surface area contributed by atoms with Crippen molar-refractivity contribution in [1.82, 2.24) is 15.0 Å². The van der Waals surface area contributed by atoms with Crippen molar-refractivity contribution in [1.29, 1.82) is 0 Å². The molecule has 0 radical (unpaired) electrons. The lowest BCUT2D eigenvalue weighted by atomic mass is 10.1. The number of hydrogen-bond donors (Lipinski definition) is 1. The summed E-state index contributed by atoms with van der Waals surface area (Å²) in [6.07, 6.45) is 3.33. The van der Waals surface area contributed by atoms with Crippen molar-refractivity contribution in [2.75, 3.05) is 0 Å². The topological polar surface area (TPSA) is 54.7 Å². The number of hydrogen-bond acceptors (Lipinski definition) is 3. The number of nitrogens with one attached hydrogen (secondary N) is 1. The minimum Gasteiger partial charge on any atom is -0.453 e. The van der Waals surface area contributed by atoms with Crippen molar-refractivity contribution < 1.29 is 4.42 Å². The second-order valence-corrected chi connectivity index (χ2v) is 4.63. The summed E-state index contributed by atoms with van der Waals surface area (Å²) in [6, 6.07) is 9.49. The molecule has 92 valence electrons. The first-order valence-electron chi connectivity index (χ1n) is 5.79. The van der Waals surface area contributed by atoms with Crippen LogP contribution in [-0.2, 0) is 0 Å². The number of benzene rings is 1. The van der Waals surface area contributed by atoms with Gasteiger partial charge in [0, 0.05) is 17.8 Å². The summed E-state index contributed by atoms with van der Waals surface area (Å²) in [4.78, 5) is 11.6. The molecule has 5 heteroatoms. The quantitative estimate of drug-likeness (QED) is 0.568. The van der Waals surface area contributed by atoms with Crippen molar-refractivity contribution >= 4 is 33.7 Å². The molecule has 0 fully saturated rings. The van der Waals surface area contributed by atoms with Crippen LogP contribution in [0.3, 0.4) is 0 Å². The maximum Gasteiger partial charge on any atom is 0.171 e. The highest BCUT2D eigenvalue weighted by atomic mass is 35.5. The predicted octanol–water partition coefficient (Wildman–Crippen LogP) is 4.02. The summed E-state index contributed by atoms with van der Waals surface area (Å²) in [5.74, 6) is 0.716. The van der Waals surface area contributed by atoms with Crippen LogP contribution in [0.4, 0.5) is 0 Å². The molecule has 0 saturated heterocycles. The molecule has 4 rings (SSSR count). The molecule has 0 amide bonds. The van der Waals surface area contributed by atoms with E-state index in [1.807, 2.05) is 24.3 Å². The largest absolute Gasteiger partial charge is 0.453 e. The van der Waals surface area contributed by atoms with Crippen LogP contribution in [0.1, 0.15) is 0 Å². The van der Waals surface area contributed by atoms with Crippen LogP contribution in [-0.4, -0.2) is 15.0 Å². The molecule has 3 heterocycles. The molecule has 0 saturated carbocycles. The Morgan fingerprint density at radius 3 is 3.00 bits per heavy atom. The fraction of sp³-hybridized carbons (Fsp3) is 0. The second-order valence-electron chi connectivity index (χ2n) is 4.22. The minimum absolute atomic E-state index is 0.561. The highest BCUT2D eigenvalue weighted by Gasteiger charge is 2.13. The van der Waals surface area contributed by atoms with Gasteiger partial charge in [0.1, 0.15) is 11.3 Å². The zero-order valence-electron chi connectivity index (χ0n) is 9.72. The van der Waals surface area contributed by atoms with Gasteiger partial charge in [-0.15, -0.1) is 0 Å². The Kier molecular flexibility index (Phi) is 2.13. The number of para-hydroxylation sites is 1. The number of furan rings is 1. The van der Waals surface area contributed by atoms with E-state index in [-0.39, 0.29) is 0 Å². The number of aromatic amines is 1. The third kappa shape index (κ3) is 1.54. The standard InChI is InChI=1S/C14H8ClN3O/c15-9-4-5-16-11-6-12(19-14(9)11)8-2-1-3-10-13(8)18-7-17-10/h1-7H,(H,17,18). The molecule has 0 aliphatic carbocycles. The van der Waals surface area contributed by atoms with E-state index >= 15 is 0 Å². The van der Waals surface area contributed by atoms with Crippen molar-refractivity contribution in [2.24, 2.45) is 0 Å². The van der Waals surface area contributed by atoms with Crippen molar-refractivity contribution in [3.63, 3.8) is 0 Å². The first-order valence-corrected chi connectivity index (χ1v) is 6.17. The van der Waals surface area contributed by atoms with Crippen LogP contribution in [0.5, 0.6) is 0 Å². The van der Waals surface area contributed by atoms with Gasteiger partial charge in [-0.2, -0.15) is 0 Å². The summed E-state index contributed by atoms with van der Waals surface area (Å²) in [6.45, 7) is 0. The van der Waals surface area contributed by atoms with Gasteiger partial charge < -0.3 is 9.40 Å². The second kappa shape index (κ2) is 3.83. The summed E-state index contributed by atoms with van der Waals surface area (Å²) in [7, 11) is 0. The number of aromatic nitrogens is 3. The van der Waals surface area contributed by atoms with Crippen LogP contribution < -0.4 is 0 Å². The fourth-order valence-corrected chi connectivity index (χ4v) is 2.40. The van der Waals surface area contributed by atoms with Gasteiger partial charge in [-0.25, -0.2) is 4.98 Å². The molecule has 0 unspecified atom stereocenters. The lowest BCUT2D eigenvalue weighted by Gasteiger charge is -1.97. The number of H-pyrrole nitrogens is 1. The molecule has 3 aromatic heterocycles. The Labute approximate surface area is 113 Å². The third-order valence-electron chi connectivity index (χ3n) is 3.08. The van der Waals surface area contributed by atoms with E-state index in [1.165, 1.54) is 0 Å². The zero-order chi connectivity index (χ0) is 12.8. The molecule has 19 heavy (non-hydrogen) atoms. The normalized spacial score (nSPS) is 11.4. The summed E-state index contributed by atoms with van der Waals surface area (Å²) in [5.41, 5.74) is 4.12. The lowest BCUT2D eigenvalue weighted by Crippen LogP contribution is -1.77. The van der Waals surface area contributed by atoms with Crippen molar-refractivity contribution in [3.8, 4) is 11.3 Å². The number of pyridine rings is 1. The van der Waals surface area contributed by atoms with Crippen LogP contribution in [0.15, 0.2) is 47.3 Å². The molecule has 0 atom stereocenters. The lowest BCUT2D eigenvalue weighted by molar-refractivity contribution is 0.632. The number of halogens is 1. The predicted molar refractivity (Wildman–Crippen MR) is 74.1 cm³/mol. The van der Waals surface area contributed by atoms with Gasteiger partial charge in [-0.05, 0) is 18.2 Å². The van der Waals surface area contributed by atoms with Crippen LogP contribution in [0.2, 0.25) is 5.02 Å². The average molecular weight is 270 g/mol. The number of rotatable bonds is 1. The highest BCUT2D eigenvalue weighted by molar-refractivity contribution is 6.34. The number of fused-ring (bicyclic) bond motifs is 2. The van der Waals surface area contributed by atoms with E-state index in [0.717, 1.165) is 22.1 Å². The van der Waals surface area contributed by atoms with Crippen LogP contribution >= 0.6 is 11.6 Å². The van der Waals surface area contributed by atoms with Gasteiger partial charge in [0.05, 0.1) is 22.4 Å². The van der Waals surface area contributed by atoms with E-state index in [0.29, 0.717) is 16.4 Å². The van der Waals surface area contributed by atoms with Crippen LogP contribution in [0.25, 0.3) is 33.5 Å². The molecule has 4 nitrogen and oxygen atoms in total. The number of nitrogens with zero attached hydrogens (tertiary/aromatic N) is 2. The Bertz CT molecular complexity index is 894. The maximum absolute atomic E-state index is 6.10. The van der Waals surface area contributed by atoms with E-state index in [2.05, 4.69) is 15.0 Å². The molecular formula is C14H8ClN3O. The molecule has 1 aromatic carbocycles. The summed E-state index contributed by atoms with van der Waals surface area (Å²) >= 11 is 6.10. The Morgan fingerprint density at radius 2 is 2.11 bits per heavy atom. The Hall–Kier alpha value is -2.33. The SMILES string of the molecule is Clc1ccnc2cc(-c3cccc4[nH]cnc34)oc12. The fourth-order valence-electron chi connectivity index (χ4n) is 2.20. The molecule has 1 N–H and O–H groups in total. The molecule has 0 aliphatic rings. The summed E-state index contributed by atoms with van der Waals surface area (Å²) < 4.78 is 5.81. The highest BCUT2D eigenvalue weighted by Crippen LogP contribution is 2.33. The zero-order valence-corrected chi connectivity index (χ0v) is 10.5. The van der Waals surface area contributed by atoms with Crippen LogP contribution in [0, 0.1) is 0 Å². The first kappa shape index (κ1) is 10.6. The van der Waals surface area contributed by atoms with Crippen molar-refractivity contribution in [3.05, 3.63) is 47.9 Å². The third-order valence-corrected chi connectivity index (χ3v) is 3.38. The first-order chi connectivity index (χ1) is 9.33. The maximum atomic E-state index is 6.10. The molecule has 0 aliphatic heterocycles. The average Bonchev–Trinajstić information content (AvgIpc) is 3.05. The van der Waals surface area contributed by atoms with Gasteiger partial charge in [-0.1, -0.05) is 17.7 Å². The smallest absolute Gasteiger partial charge is 0.171 e. The van der Waals surface area contributed by atoms with Crippen molar-refractivity contribution in [2.45, 2.75) is 0 Å². The molecule has 4 aromatic rings. The molecule has 0 spiro atoms. The number of imidazole rings is 1. The Balaban J connectivity index is 2.04. The van der Waals surface area contributed by atoms with Gasteiger partial charge >= 0.3 is 0 Å². The van der Waals surface area contributed by atoms with Gasteiger partial charge in [0.25, 0.3) is 0 Å². The minimum atomic E-state index is 0.561. The monoisotopic (exact) mass is 269 g/mol.